The van der Waals surface area contributed by atoms with Gasteiger partial charge in [-0.05, 0) is 192 Å². The molecule has 3 unspecified atom stereocenters. The highest BCUT2D eigenvalue weighted by Crippen LogP contribution is 2.42. The third-order valence-corrected chi connectivity index (χ3v) is 14.3. The number of benzene rings is 3. The highest BCUT2D eigenvalue weighted by molar-refractivity contribution is 7.10. The van der Waals surface area contributed by atoms with E-state index >= 15 is 0 Å². The summed E-state index contributed by atoms with van der Waals surface area (Å²) in [7, 11) is 4.56. The number of ether oxygens (including phenoxy) is 3. The average Bonchev–Trinajstić information content (AvgIpc) is 3.69. The lowest BCUT2D eigenvalue weighted by Crippen LogP contribution is -2.49. The Balaban J connectivity index is 0.000000205. The monoisotopic (exact) mass is 893 g/mol. The van der Waals surface area contributed by atoms with Crippen molar-refractivity contribution in [1.82, 2.24) is 0 Å². The minimum Gasteiger partial charge on any atom is -0.441 e. The maximum absolute atomic E-state index is 12.4. The summed E-state index contributed by atoms with van der Waals surface area (Å²) in [6.07, 6.45) is -1.18. The zero-order valence-corrected chi connectivity index (χ0v) is 43.0. The fraction of sp³-hybridized carbons (Fsp3) is 0.571. The number of hydrogen-bond donors (Lipinski definition) is 0. The molecule has 3 aliphatic rings. The molecule has 0 N–H and O–H groups in total. The molecule has 11 nitrogen and oxygen atoms in total. The second kappa shape index (κ2) is 19.2. The van der Waals surface area contributed by atoms with Crippen molar-refractivity contribution >= 4 is 54.3 Å². The van der Waals surface area contributed by atoms with Gasteiger partial charge in [-0.3, -0.25) is 14.7 Å². The normalized spacial score (nSPS) is 22.1. The molecule has 3 saturated heterocycles. The maximum Gasteiger partial charge on any atom is 0.415 e. The van der Waals surface area contributed by atoms with Gasteiger partial charge in [-0.1, -0.05) is 32.0 Å². The first-order valence-corrected chi connectivity index (χ1v) is 22.5. The fourth-order valence-corrected chi connectivity index (χ4v) is 9.73. The van der Waals surface area contributed by atoms with Gasteiger partial charge in [0, 0.05) is 18.9 Å². The minimum absolute atomic E-state index is 0.0517. The van der Waals surface area contributed by atoms with E-state index in [2.05, 4.69) is 87.3 Å². The van der Waals surface area contributed by atoms with Crippen molar-refractivity contribution in [2.24, 2.45) is 5.92 Å². The van der Waals surface area contributed by atoms with Crippen molar-refractivity contribution in [1.29, 1.82) is 0 Å². The SMILES string of the molecule is Cc1ccc(N2C(=O)OC(C)(C)[C@@H]2C(C)C)c(C)c1C.Cc1ccc(N2C(=O)OC(C)(C)[C@@H]2C(C)OP)c(C)c1C.Cc1ccc(N2C(=O)OC(C)(C)[C@@H]2[C@@H](C)OP)c(C)c1C. The summed E-state index contributed by atoms with van der Waals surface area (Å²) < 4.78 is 27.6. The molecule has 3 amide bonds. The molecule has 0 saturated carbocycles. The largest absolute Gasteiger partial charge is 0.441 e. The van der Waals surface area contributed by atoms with Crippen molar-refractivity contribution in [3.8, 4) is 0 Å². The predicted molar refractivity (Wildman–Crippen MR) is 258 cm³/mol. The van der Waals surface area contributed by atoms with Gasteiger partial charge in [0.25, 0.3) is 0 Å². The maximum atomic E-state index is 12.4. The lowest BCUT2D eigenvalue weighted by atomic mass is 9.88. The minimum atomic E-state index is -0.599. The molecule has 0 bridgehead atoms. The predicted octanol–water partition coefficient (Wildman–Crippen LogP) is 12.2. The van der Waals surface area contributed by atoms with Crippen molar-refractivity contribution in [2.75, 3.05) is 14.7 Å². The molecular formula is C49H73N3O8P2. The van der Waals surface area contributed by atoms with Gasteiger partial charge in [0.05, 0.1) is 35.3 Å². The van der Waals surface area contributed by atoms with Gasteiger partial charge in [0.2, 0.25) is 0 Å². The van der Waals surface area contributed by atoms with Crippen LogP contribution < -0.4 is 14.7 Å². The van der Waals surface area contributed by atoms with Crippen molar-refractivity contribution < 1.29 is 37.6 Å². The van der Waals surface area contributed by atoms with Crippen molar-refractivity contribution in [3.63, 3.8) is 0 Å². The Morgan fingerprint density at radius 3 is 0.935 bits per heavy atom. The third kappa shape index (κ3) is 9.82. The van der Waals surface area contributed by atoms with Crippen molar-refractivity contribution in [2.45, 2.75) is 179 Å². The summed E-state index contributed by atoms with van der Waals surface area (Å²) in [6.45, 7) is 38.5. The second-order valence-electron chi connectivity index (χ2n) is 19.2. The van der Waals surface area contributed by atoms with E-state index in [1.165, 1.54) is 33.4 Å². The third-order valence-electron chi connectivity index (χ3n) is 13.4. The molecule has 0 aliphatic carbocycles. The number of amides is 3. The number of aryl methyl sites for hydroxylation is 3. The molecule has 0 spiro atoms. The number of rotatable bonds is 8. The molecule has 7 atom stereocenters. The van der Waals surface area contributed by atoms with Crippen LogP contribution in [0.3, 0.4) is 0 Å². The van der Waals surface area contributed by atoms with E-state index in [0.717, 1.165) is 33.8 Å². The Morgan fingerprint density at radius 2 is 0.694 bits per heavy atom. The molecule has 3 aliphatic heterocycles. The Labute approximate surface area is 376 Å². The molecule has 0 radical (unpaired) electrons. The highest BCUT2D eigenvalue weighted by atomic mass is 31.0. The summed E-state index contributed by atoms with van der Waals surface area (Å²) >= 11 is 0. The van der Waals surface area contributed by atoms with Gasteiger partial charge in [0.15, 0.2) is 0 Å². The first kappa shape index (κ1) is 50.9. The van der Waals surface area contributed by atoms with Crippen molar-refractivity contribution in [3.05, 3.63) is 86.5 Å². The Kier molecular flexibility index (Phi) is 15.7. The van der Waals surface area contributed by atoms with E-state index in [1.807, 2.05) is 104 Å². The zero-order valence-electron chi connectivity index (χ0n) is 40.7. The fourth-order valence-electron chi connectivity index (χ4n) is 9.43. The van der Waals surface area contributed by atoms with Crippen LogP contribution in [0.2, 0.25) is 0 Å². The van der Waals surface area contributed by atoms with Crippen LogP contribution in [0.5, 0.6) is 0 Å². The van der Waals surface area contributed by atoms with Gasteiger partial charge in [-0.25, -0.2) is 14.4 Å². The average molecular weight is 894 g/mol. The zero-order chi connectivity index (χ0) is 47.1. The number of hydrogen-bond acceptors (Lipinski definition) is 8. The Morgan fingerprint density at radius 1 is 0.452 bits per heavy atom. The van der Waals surface area contributed by atoms with E-state index in [9.17, 15) is 14.4 Å². The molecule has 0 aromatic heterocycles. The summed E-state index contributed by atoms with van der Waals surface area (Å²) in [4.78, 5) is 42.5. The smallest absolute Gasteiger partial charge is 0.415 e. The van der Waals surface area contributed by atoms with Crippen LogP contribution >= 0.6 is 18.9 Å². The number of carbonyl (C=O) groups excluding carboxylic acids is 3. The van der Waals surface area contributed by atoms with Gasteiger partial charge in [0.1, 0.15) is 28.9 Å². The van der Waals surface area contributed by atoms with E-state index in [-0.39, 0.29) is 48.6 Å². The van der Waals surface area contributed by atoms with Gasteiger partial charge in [-0.2, -0.15) is 0 Å². The lowest BCUT2D eigenvalue weighted by molar-refractivity contribution is 0.0417. The molecule has 62 heavy (non-hydrogen) atoms. The molecule has 3 aromatic rings. The Hall–Kier alpha value is -3.75. The summed E-state index contributed by atoms with van der Waals surface area (Å²) in [5.74, 6) is 0.331. The Bertz CT molecular complexity index is 2070. The molecule has 6 rings (SSSR count). The van der Waals surface area contributed by atoms with Crippen LogP contribution in [-0.4, -0.2) is 65.4 Å². The molecule has 3 aromatic carbocycles. The molecule has 3 heterocycles. The standard InChI is InChI=1S/C17H25NO2.2C16H24NO3P/c1-10(2)15-17(6,7)20-16(19)18(15)14-9-8-11(3)12(4)13(14)5;2*1-9-7-8-13(11(3)10(9)2)17-14(12(4)20-21)16(5,6)19-15(17)18/h8-10,15H,1-7H3;2*7-8,12,14H,21H2,1-6H3/t15-;12?,14-;12-,14+/m001/s1. The second-order valence-corrected chi connectivity index (χ2v) is 19.8. The summed E-state index contributed by atoms with van der Waals surface area (Å²) in [5.41, 5.74) is 11.8. The molecule has 342 valence electrons. The van der Waals surface area contributed by atoms with Gasteiger partial charge < -0.3 is 23.3 Å². The number of nitrogens with zero attached hydrogens (tertiary/aromatic N) is 3. The van der Waals surface area contributed by atoms with Gasteiger partial charge >= 0.3 is 18.3 Å². The first-order chi connectivity index (χ1) is 28.6. The van der Waals surface area contributed by atoms with Crippen LogP contribution in [0, 0.1) is 68.2 Å². The van der Waals surface area contributed by atoms with Crippen LogP contribution in [0.4, 0.5) is 31.4 Å². The summed E-state index contributed by atoms with van der Waals surface area (Å²) in [5, 5.41) is 0. The highest BCUT2D eigenvalue weighted by Gasteiger charge is 2.53. The van der Waals surface area contributed by atoms with Crippen LogP contribution in [0.25, 0.3) is 0 Å². The van der Waals surface area contributed by atoms with E-state index in [1.54, 1.807) is 9.80 Å². The molecule has 3 fully saturated rings. The van der Waals surface area contributed by atoms with Crippen LogP contribution in [0.15, 0.2) is 36.4 Å². The summed E-state index contributed by atoms with van der Waals surface area (Å²) in [6, 6.07) is 11.9. The topological polar surface area (TPSA) is 107 Å². The van der Waals surface area contributed by atoms with Gasteiger partial charge in [-0.15, -0.1) is 0 Å². The number of cyclic esters (lactones) is 3. The molecule has 13 heteroatoms. The van der Waals surface area contributed by atoms with E-state index < -0.39 is 16.8 Å². The van der Waals surface area contributed by atoms with Crippen LogP contribution in [0.1, 0.15) is 119 Å². The number of anilines is 3. The first-order valence-electron chi connectivity index (χ1n) is 21.6. The van der Waals surface area contributed by atoms with Crippen LogP contribution in [-0.2, 0) is 23.3 Å². The number of carbonyl (C=O) groups is 3. The quantitative estimate of drug-likeness (QED) is 0.163. The lowest BCUT2D eigenvalue weighted by Gasteiger charge is -2.33. The molecular weight excluding hydrogens is 820 g/mol. The van der Waals surface area contributed by atoms with E-state index in [0.29, 0.717) is 5.92 Å². The van der Waals surface area contributed by atoms with E-state index in [4.69, 9.17) is 23.3 Å².